The van der Waals surface area contributed by atoms with E-state index in [-0.39, 0.29) is 5.91 Å². The molecule has 15 heavy (non-hydrogen) atoms. The van der Waals surface area contributed by atoms with Crippen molar-refractivity contribution in [1.82, 2.24) is 5.32 Å². The molecular weight excluding hydrogens is 274 g/mol. The molecule has 0 radical (unpaired) electrons. The van der Waals surface area contributed by atoms with Gasteiger partial charge >= 0.3 is 0 Å². The predicted octanol–water partition coefficient (Wildman–Crippen LogP) is 2.81. The Hall–Kier alpha value is 0.300. The maximum absolute atomic E-state index is 11.4. The minimum absolute atomic E-state index is 0.231. The third-order valence-electron chi connectivity index (χ3n) is 2.72. The summed E-state index contributed by atoms with van der Waals surface area (Å²) in [4.78, 5) is 11.4. The molecule has 1 saturated heterocycles. The molecule has 1 aliphatic heterocycles. The molecule has 1 fully saturated rings. The number of hydrogen-bond donors (Lipinski definition) is 1. The van der Waals surface area contributed by atoms with Crippen molar-refractivity contribution in [3.05, 3.63) is 0 Å². The number of rotatable bonds is 6. The molecule has 1 rings (SSSR count). The molecule has 0 aromatic heterocycles. The summed E-state index contributed by atoms with van der Waals surface area (Å²) < 4.78 is 0. The normalized spacial score (nSPS) is 17.7. The number of thioether (sulfide) groups is 1. The van der Waals surface area contributed by atoms with Gasteiger partial charge in [0.1, 0.15) is 0 Å². The van der Waals surface area contributed by atoms with E-state index in [1.165, 1.54) is 24.3 Å². The summed E-state index contributed by atoms with van der Waals surface area (Å²) in [7, 11) is 0. The van der Waals surface area contributed by atoms with Crippen LogP contribution in [0, 0.1) is 5.92 Å². The van der Waals surface area contributed by atoms with E-state index in [1.54, 1.807) is 0 Å². The summed E-state index contributed by atoms with van der Waals surface area (Å²) in [5.74, 6) is 3.49. The summed E-state index contributed by atoms with van der Waals surface area (Å²) in [5, 5.41) is 4.05. The van der Waals surface area contributed by atoms with Gasteiger partial charge in [0, 0.05) is 18.3 Å². The Bertz CT molecular complexity index is 183. The highest BCUT2D eigenvalue weighted by Crippen LogP contribution is 2.21. The van der Waals surface area contributed by atoms with E-state index in [4.69, 9.17) is 0 Å². The Morgan fingerprint density at radius 1 is 1.33 bits per heavy atom. The maximum Gasteiger partial charge on any atom is 0.220 e. The first kappa shape index (κ1) is 13.4. The molecule has 4 heteroatoms. The van der Waals surface area contributed by atoms with Crippen LogP contribution in [0.3, 0.4) is 0 Å². The number of alkyl halides is 1. The molecule has 88 valence electrons. The Balaban J connectivity index is 2.00. The predicted molar refractivity (Wildman–Crippen MR) is 70.7 cm³/mol. The molecule has 0 aromatic rings. The topological polar surface area (TPSA) is 29.1 Å². The highest BCUT2D eigenvalue weighted by atomic mass is 79.9. The van der Waals surface area contributed by atoms with Gasteiger partial charge in [-0.15, -0.1) is 0 Å². The number of amides is 1. The second-order valence-electron chi connectivity index (χ2n) is 4.01. The SMILES string of the molecule is O=C(CCCCBr)NCC1CCSCC1. The molecule has 1 heterocycles. The monoisotopic (exact) mass is 293 g/mol. The fourth-order valence-corrected chi connectivity index (χ4v) is 3.28. The van der Waals surface area contributed by atoms with Gasteiger partial charge in [0.15, 0.2) is 0 Å². The zero-order valence-corrected chi connectivity index (χ0v) is 11.5. The Kier molecular flexibility index (Phi) is 7.53. The number of nitrogens with one attached hydrogen (secondary N) is 1. The van der Waals surface area contributed by atoms with Gasteiger partial charge in [-0.2, -0.15) is 11.8 Å². The molecular formula is C11H20BrNOS. The molecule has 0 unspecified atom stereocenters. The molecule has 2 nitrogen and oxygen atoms in total. The van der Waals surface area contributed by atoms with E-state index >= 15 is 0 Å². The zero-order valence-electron chi connectivity index (χ0n) is 9.14. The van der Waals surface area contributed by atoms with Crippen LogP contribution in [0.25, 0.3) is 0 Å². The van der Waals surface area contributed by atoms with E-state index in [2.05, 4.69) is 21.2 Å². The summed E-state index contributed by atoms with van der Waals surface area (Å²) in [6, 6.07) is 0. The van der Waals surface area contributed by atoms with Crippen LogP contribution in [0.15, 0.2) is 0 Å². The lowest BCUT2D eigenvalue weighted by Crippen LogP contribution is -2.30. The van der Waals surface area contributed by atoms with E-state index in [0.29, 0.717) is 6.42 Å². The highest BCUT2D eigenvalue weighted by Gasteiger charge is 2.14. The average molecular weight is 294 g/mol. The quantitative estimate of drug-likeness (QED) is 0.603. The molecule has 0 atom stereocenters. The van der Waals surface area contributed by atoms with Crippen LogP contribution < -0.4 is 5.32 Å². The molecule has 1 amide bonds. The molecule has 0 aliphatic carbocycles. The van der Waals surface area contributed by atoms with Crippen molar-refractivity contribution in [3.63, 3.8) is 0 Å². The number of hydrogen-bond acceptors (Lipinski definition) is 2. The second kappa shape index (κ2) is 8.45. The van der Waals surface area contributed by atoms with Gasteiger partial charge in [0.25, 0.3) is 0 Å². The fourth-order valence-electron chi connectivity index (χ4n) is 1.68. The number of unbranched alkanes of at least 4 members (excludes halogenated alkanes) is 1. The number of carbonyl (C=O) groups excluding carboxylic acids is 1. The lowest BCUT2D eigenvalue weighted by molar-refractivity contribution is -0.121. The third kappa shape index (κ3) is 6.46. The largest absolute Gasteiger partial charge is 0.356 e. The Labute approximate surface area is 105 Å². The van der Waals surface area contributed by atoms with E-state index in [0.717, 1.165) is 30.6 Å². The zero-order chi connectivity index (χ0) is 10.9. The molecule has 1 aliphatic rings. The maximum atomic E-state index is 11.4. The molecule has 0 aromatic carbocycles. The van der Waals surface area contributed by atoms with Gasteiger partial charge in [-0.1, -0.05) is 15.9 Å². The number of carbonyl (C=O) groups is 1. The molecule has 0 bridgehead atoms. The van der Waals surface area contributed by atoms with Crippen LogP contribution in [0.5, 0.6) is 0 Å². The van der Waals surface area contributed by atoms with Gasteiger partial charge in [-0.25, -0.2) is 0 Å². The van der Waals surface area contributed by atoms with Crippen molar-refractivity contribution in [1.29, 1.82) is 0 Å². The minimum Gasteiger partial charge on any atom is -0.356 e. The van der Waals surface area contributed by atoms with Crippen molar-refractivity contribution in [2.45, 2.75) is 32.1 Å². The summed E-state index contributed by atoms with van der Waals surface area (Å²) in [5.41, 5.74) is 0. The van der Waals surface area contributed by atoms with Crippen molar-refractivity contribution >= 4 is 33.6 Å². The number of halogens is 1. The summed E-state index contributed by atoms with van der Waals surface area (Å²) in [6.45, 7) is 0.897. The first-order chi connectivity index (χ1) is 7.33. The first-order valence-electron chi connectivity index (χ1n) is 5.73. The summed E-state index contributed by atoms with van der Waals surface area (Å²) in [6.07, 6.45) is 5.32. The third-order valence-corrected chi connectivity index (χ3v) is 4.33. The van der Waals surface area contributed by atoms with Gasteiger partial charge in [-0.3, -0.25) is 4.79 Å². The van der Waals surface area contributed by atoms with Crippen LogP contribution >= 0.6 is 27.7 Å². The van der Waals surface area contributed by atoms with Crippen molar-refractivity contribution in [2.75, 3.05) is 23.4 Å². The molecule has 1 N–H and O–H groups in total. The standard InChI is InChI=1S/C11H20BrNOS/c12-6-2-1-3-11(14)13-9-10-4-7-15-8-5-10/h10H,1-9H2,(H,13,14). The smallest absolute Gasteiger partial charge is 0.220 e. The van der Waals surface area contributed by atoms with Crippen LogP contribution in [0.1, 0.15) is 32.1 Å². The minimum atomic E-state index is 0.231. The second-order valence-corrected chi connectivity index (χ2v) is 6.02. The van der Waals surface area contributed by atoms with Crippen LogP contribution in [0.2, 0.25) is 0 Å². The van der Waals surface area contributed by atoms with Gasteiger partial charge < -0.3 is 5.32 Å². The van der Waals surface area contributed by atoms with Crippen LogP contribution in [-0.4, -0.2) is 29.3 Å². The van der Waals surface area contributed by atoms with Gasteiger partial charge in [0.05, 0.1) is 0 Å². The first-order valence-corrected chi connectivity index (χ1v) is 8.01. The summed E-state index contributed by atoms with van der Waals surface area (Å²) >= 11 is 5.40. The Morgan fingerprint density at radius 2 is 2.07 bits per heavy atom. The molecule has 0 spiro atoms. The van der Waals surface area contributed by atoms with Crippen LogP contribution in [-0.2, 0) is 4.79 Å². The van der Waals surface area contributed by atoms with E-state index in [9.17, 15) is 4.79 Å². The Morgan fingerprint density at radius 3 is 2.73 bits per heavy atom. The fraction of sp³-hybridized carbons (Fsp3) is 0.909. The van der Waals surface area contributed by atoms with Gasteiger partial charge in [-0.05, 0) is 43.1 Å². The average Bonchev–Trinajstić information content (AvgIpc) is 2.28. The van der Waals surface area contributed by atoms with Gasteiger partial charge in [0.2, 0.25) is 5.91 Å². The highest BCUT2D eigenvalue weighted by molar-refractivity contribution is 9.09. The van der Waals surface area contributed by atoms with Crippen molar-refractivity contribution in [3.8, 4) is 0 Å². The van der Waals surface area contributed by atoms with Crippen LogP contribution in [0.4, 0.5) is 0 Å². The van der Waals surface area contributed by atoms with Crippen molar-refractivity contribution < 1.29 is 4.79 Å². The lowest BCUT2D eigenvalue weighted by atomic mass is 10.0. The van der Waals surface area contributed by atoms with Crippen molar-refractivity contribution in [2.24, 2.45) is 5.92 Å². The lowest BCUT2D eigenvalue weighted by Gasteiger charge is -2.21. The van der Waals surface area contributed by atoms with E-state index in [1.807, 2.05) is 11.8 Å². The van der Waals surface area contributed by atoms with E-state index < -0.39 is 0 Å². The molecule has 0 saturated carbocycles.